The van der Waals surface area contributed by atoms with Crippen LogP contribution in [0.25, 0.3) is 0 Å². The van der Waals surface area contributed by atoms with Gasteiger partial charge in [-0.15, -0.1) is 0 Å². The van der Waals surface area contributed by atoms with Gasteiger partial charge in [0.05, 0.1) is 13.7 Å². The van der Waals surface area contributed by atoms with Crippen molar-refractivity contribution in [2.75, 3.05) is 13.7 Å². The third-order valence-electron chi connectivity index (χ3n) is 3.87. The highest BCUT2D eigenvalue weighted by molar-refractivity contribution is 5.97. The van der Waals surface area contributed by atoms with Crippen LogP contribution in [0, 0.1) is 0 Å². The van der Waals surface area contributed by atoms with Crippen molar-refractivity contribution < 1.29 is 19.1 Å². The first kappa shape index (κ1) is 18.5. The van der Waals surface area contributed by atoms with Crippen molar-refractivity contribution in [2.24, 2.45) is 0 Å². The van der Waals surface area contributed by atoms with Crippen LogP contribution >= 0.6 is 0 Å². The number of hydrogen-bond donors (Lipinski definition) is 0. The molecule has 0 aliphatic carbocycles. The van der Waals surface area contributed by atoms with E-state index in [4.69, 9.17) is 9.47 Å². The molecule has 2 aromatic rings. The molecule has 0 bridgehead atoms. The first-order valence-corrected chi connectivity index (χ1v) is 8.22. The van der Waals surface area contributed by atoms with Crippen molar-refractivity contribution in [3.8, 4) is 5.75 Å². The summed E-state index contributed by atoms with van der Waals surface area (Å²) in [4.78, 5) is 26.7. The maximum absolute atomic E-state index is 13.0. The lowest BCUT2D eigenvalue weighted by atomic mass is 10.1. The van der Waals surface area contributed by atoms with Crippen LogP contribution in [0.2, 0.25) is 0 Å². The van der Waals surface area contributed by atoms with Gasteiger partial charge in [0.2, 0.25) is 0 Å². The molecule has 1 atom stereocenters. The molecule has 25 heavy (non-hydrogen) atoms. The van der Waals surface area contributed by atoms with Crippen LogP contribution in [0.4, 0.5) is 0 Å². The molecule has 0 aliphatic rings. The lowest BCUT2D eigenvalue weighted by molar-refractivity contribution is -0.148. The van der Waals surface area contributed by atoms with Crippen molar-refractivity contribution >= 4 is 11.9 Å². The summed E-state index contributed by atoms with van der Waals surface area (Å²) in [7, 11) is 1.55. The maximum atomic E-state index is 13.0. The monoisotopic (exact) mass is 341 g/mol. The van der Waals surface area contributed by atoms with E-state index < -0.39 is 12.0 Å². The Morgan fingerprint density at radius 3 is 2.44 bits per heavy atom. The lowest BCUT2D eigenvalue weighted by Crippen LogP contribution is -2.43. The molecule has 1 unspecified atom stereocenters. The van der Waals surface area contributed by atoms with Gasteiger partial charge in [0.25, 0.3) is 5.91 Å². The summed E-state index contributed by atoms with van der Waals surface area (Å²) in [6.07, 6.45) is 0. The number of hydrogen-bond acceptors (Lipinski definition) is 4. The molecule has 2 aromatic carbocycles. The molecule has 0 heterocycles. The topological polar surface area (TPSA) is 55.8 Å². The third kappa shape index (κ3) is 4.83. The minimum absolute atomic E-state index is 0.247. The second-order valence-electron chi connectivity index (χ2n) is 5.58. The fraction of sp³-hybridized carbons (Fsp3) is 0.300. The minimum Gasteiger partial charge on any atom is -0.497 e. The number of amides is 1. The van der Waals surface area contributed by atoms with Gasteiger partial charge in [-0.05, 0) is 37.6 Å². The summed E-state index contributed by atoms with van der Waals surface area (Å²) < 4.78 is 10.3. The van der Waals surface area contributed by atoms with Crippen LogP contribution in [0.15, 0.2) is 54.6 Å². The summed E-state index contributed by atoms with van der Waals surface area (Å²) in [6.45, 7) is 4.02. The second-order valence-corrected chi connectivity index (χ2v) is 5.58. The molecule has 0 aliphatic heterocycles. The van der Waals surface area contributed by atoms with E-state index in [2.05, 4.69) is 0 Å². The average molecular weight is 341 g/mol. The van der Waals surface area contributed by atoms with E-state index in [1.54, 1.807) is 45.2 Å². The zero-order chi connectivity index (χ0) is 18.2. The Morgan fingerprint density at radius 2 is 1.80 bits per heavy atom. The van der Waals surface area contributed by atoms with Crippen molar-refractivity contribution in [3.63, 3.8) is 0 Å². The SMILES string of the molecule is CCOC(=O)C(C)N(Cc1ccccc1)C(=O)c1cccc(OC)c1. The predicted octanol–water partition coefficient (Wildman–Crippen LogP) is 3.29. The fourth-order valence-corrected chi connectivity index (χ4v) is 2.48. The van der Waals surface area contributed by atoms with Crippen LogP contribution in [-0.2, 0) is 16.1 Å². The number of carbonyl (C=O) groups excluding carboxylic acids is 2. The van der Waals surface area contributed by atoms with E-state index in [1.165, 1.54) is 4.90 Å². The summed E-state index contributed by atoms with van der Waals surface area (Å²) >= 11 is 0. The van der Waals surface area contributed by atoms with Gasteiger partial charge in [0.15, 0.2) is 0 Å². The number of esters is 1. The molecule has 2 rings (SSSR count). The van der Waals surface area contributed by atoms with Gasteiger partial charge in [0, 0.05) is 12.1 Å². The predicted molar refractivity (Wildman–Crippen MR) is 95.4 cm³/mol. The number of nitrogens with zero attached hydrogens (tertiary/aromatic N) is 1. The van der Waals surface area contributed by atoms with Crippen LogP contribution in [0.5, 0.6) is 5.75 Å². The van der Waals surface area contributed by atoms with Gasteiger partial charge in [-0.1, -0.05) is 36.4 Å². The molecule has 5 heteroatoms. The number of rotatable bonds is 7. The van der Waals surface area contributed by atoms with Crippen LogP contribution < -0.4 is 4.74 Å². The fourth-order valence-electron chi connectivity index (χ4n) is 2.48. The molecular weight excluding hydrogens is 318 g/mol. The Labute approximate surface area is 148 Å². The highest BCUT2D eigenvalue weighted by atomic mass is 16.5. The normalized spacial score (nSPS) is 11.5. The van der Waals surface area contributed by atoms with Gasteiger partial charge in [-0.25, -0.2) is 4.79 Å². The molecule has 0 aromatic heterocycles. The van der Waals surface area contributed by atoms with Gasteiger partial charge in [0.1, 0.15) is 11.8 Å². The minimum atomic E-state index is -0.696. The molecule has 0 spiro atoms. The van der Waals surface area contributed by atoms with Gasteiger partial charge >= 0.3 is 5.97 Å². The van der Waals surface area contributed by atoms with Gasteiger partial charge < -0.3 is 14.4 Å². The second kappa shape index (κ2) is 8.87. The number of methoxy groups -OCH3 is 1. The van der Waals surface area contributed by atoms with E-state index in [-0.39, 0.29) is 12.5 Å². The van der Waals surface area contributed by atoms with Gasteiger partial charge in [-0.3, -0.25) is 4.79 Å². The quantitative estimate of drug-likeness (QED) is 0.725. The lowest BCUT2D eigenvalue weighted by Gasteiger charge is -2.28. The van der Waals surface area contributed by atoms with Gasteiger partial charge in [-0.2, -0.15) is 0 Å². The molecule has 0 fully saturated rings. The standard InChI is InChI=1S/C20H23NO4/c1-4-25-20(23)15(2)21(14-16-9-6-5-7-10-16)19(22)17-11-8-12-18(13-17)24-3/h5-13,15H,4,14H2,1-3H3. The Hall–Kier alpha value is -2.82. The summed E-state index contributed by atoms with van der Waals surface area (Å²) in [5.41, 5.74) is 1.40. The Bertz CT molecular complexity index is 715. The zero-order valence-corrected chi connectivity index (χ0v) is 14.8. The van der Waals surface area contributed by atoms with Crippen LogP contribution in [0.3, 0.4) is 0 Å². The van der Waals surface area contributed by atoms with E-state index in [0.29, 0.717) is 17.9 Å². The molecule has 132 valence electrons. The molecule has 0 saturated carbocycles. The van der Waals surface area contributed by atoms with E-state index >= 15 is 0 Å². The Morgan fingerprint density at radius 1 is 1.08 bits per heavy atom. The van der Waals surface area contributed by atoms with Crippen molar-refractivity contribution in [1.82, 2.24) is 4.90 Å². The first-order chi connectivity index (χ1) is 12.1. The van der Waals surface area contributed by atoms with E-state index in [1.807, 2.05) is 30.3 Å². The first-order valence-electron chi connectivity index (χ1n) is 8.22. The number of carbonyl (C=O) groups is 2. The van der Waals surface area contributed by atoms with Crippen LogP contribution in [-0.4, -0.2) is 36.5 Å². The zero-order valence-electron chi connectivity index (χ0n) is 14.8. The third-order valence-corrected chi connectivity index (χ3v) is 3.87. The van der Waals surface area contributed by atoms with Crippen molar-refractivity contribution in [2.45, 2.75) is 26.4 Å². The molecule has 5 nitrogen and oxygen atoms in total. The molecule has 0 saturated heterocycles. The maximum Gasteiger partial charge on any atom is 0.328 e. The highest BCUT2D eigenvalue weighted by Crippen LogP contribution is 2.18. The molecule has 0 N–H and O–H groups in total. The average Bonchev–Trinajstić information content (AvgIpc) is 2.66. The summed E-state index contributed by atoms with van der Waals surface area (Å²) in [5.74, 6) is -0.0766. The van der Waals surface area contributed by atoms with E-state index in [9.17, 15) is 9.59 Å². The largest absolute Gasteiger partial charge is 0.497 e. The van der Waals surface area contributed by atoms with Crippen molar-refractivity contribution in [1.29, 1.82) is 0 Å². The van der Waals surface area contributed by atoms with Crippen molar-refractivity contribution in [3.05, 3.63) is 65.7 Å². The smallest absolute Gasteiger partial charge is 0.328 e. The molecule has 1 amide bonds. The molecule has 0 radical (unpaired) electrons. The summed E-state index contributed by atoms with van der Waals surface area (Å²) in [6, 6.07) is 15.8. The summed E-state index contributed by atoms with van der Waals surface area (Å²) in [5, 5.41) is 0. The number of benzene rings is 2. The van der Waals surface area contributed by atoms with Crippen LogP contribution in [0.1, 0.15) is 29.8 Å². The molecular formula is C20H23NO4. The van der Waals surface area contributed by atoms with E-state index in [0.717, 1.165) is 5.56 Å². The number of ether oxygens (including phenoxy) is 2. The Kier molecular flexibility index (Phi) is 6.57. The Balaban J connectivity index is 2.31. The highest BCUT2D eigenvalue weighted by Gasteiger charge is 2.28.